The Balaban J connectivity index is 2.81. The van der Waals surface area contributed by atoms with Crippen molar-refractivity contribution in [1.82, 2.24) is 0 Å². The molecule has 1 rings (SSSR count). The standard InChI is InChI=1S/C14H23NOS/c1-4-5-10-17-14(11(2)15)12-8-6-7-9-13(12)16-3/h6-9,11,14H,4-5,10,15H2,1-3H3. The summed E-state index contributed by atoms with van der Waals surface area (Å²) in [5, 5.41) is 0.317. The molecular weight excluding hydrogens is 230 g/mol. The number of rotatable bonds is 7. The summed E-state index contributed by atoms with van der Waals surface area (Å²) >= 11 is 1.93. The summed E-state index contributed by atoms with van der Waals surface area (Å²) in [5.41, 5.74) is 7.31. The Kier molecular flexibility index (Phi) is 6.45. The van der Waals surface area contributed by atoms with Crippen LogP contribution in [0.1, 0.15) is 37.5 Å². The molecule has 0 bridgehead atoms. The van der Waals surface area contributed by atoms with Crippen molar-refractivity contribution in [2.75, 3.05) is 12.9 Å². The molecule has 2 nitrogen and oxygen atoms in total. The SMILES string of the molecule is CCCCSC(c1ccccc1OC)C(C)N. The molecule has 0 fully saturated rings. The van der Waals surface area contributed by atoms with Gasteiger partial charge in [0.2, 0.25) is 0 Å². The Hall–Kier alpha value is -0.670. The maximum atomic E-state index is 6.10. The van der Waals surface area contributed by atoms with Crippen LogP contribution in [0, 0.1) is 0 Å². The van der Waals surface area contributed by atoms with Crippen LogP contribution < -0.4 is 10.5 Å². The Morgan fingerprint density at radius 2 is 2.06 bits per heavy atom. The lowest BCUT2D eigenvalue weighted by molar-refractivity contribution is 0.408. The number of thioether (sulfide) groups is 1. The fourth-order valence-corrected chi connectivity index (χ4v) is 3.17. The minimum Gasteiger partial charge on any atom is -0.496 e. The molecule has 0 saturated carbocycles. The average Bonchev–Trinajstić information content (AvgIpc) is 2.34. The number of benzene rings is 1. The first-order valence-corrected chi connectivity index (χ1v) is 7.25. The van der Waals surface area contributed by atoms with Crippen LogP contribution in [0.15, 0.2) is 24.3 Å². The van der Waals surface area contributed by atoms with Crippen LogP contribution in [0.3, 0.4) is 0 Å². The fourth-order valence-electron chi connectivity index (χ4n) is 1.78. The molecule has 0 aliphatic rings. The van der Waals surface area contributed by atoms with Crippen molar-refractivity contribution in [3.05, 3.63) is 29.8 Å². The van der Waals surface area contributed by atoms with Gasteiger partial charge in [-0.25, -0.2) is 0 Å². The van der Waals surface area contributed by atoms with Gasteiger partial charge in [-0.2, -0.15) is 11.8 Å². The summed E-state index contributed by atoms with van der Waals surface area (Å²) in [7, 11) is 1.72. The maximum absolute atomic E-state index is 6.10. The number of ether oxygens (including phenoxy) is 1. The predicted octanol–water partition coefficient (Wildman–Crippen LogP) is 3.62. The molecule has 0 radical (unpaired) electrons. The molecule has 1 aromatic carbocycles. The molecule has 2 atom stereocenters. The van der Waals surface area contributed by atoms with Crippen molar-refractivity contribution < 1.29 is 4.74 Å². The van der Waals surface area contributed by atoms with E-state index in [4.69, 9.17) is 10.5 Å². The second kappa shape index (κ2) is 7.62. The van der Waals surface area contributed by atoms with Gasteiger partial charge in [0.1, 0.15) is 5.75 Å². The van der Waals surface area contributed by atoms with Crippen LogP contribution in [-0.4, -0.2) is 18.9 Å². The third-order valence-corrected chi connectivity index (χ3v) is 4.29. The number of methoxy groups -OCH3 is 1. The van der Waals surface area contributed by atoms with E-state index in [1.54, 1.807) is 7.11 Å². The smallest absolute Gasteiger partial charge is 0.123 e. The van der Waals surface area contributed by atoms with E-state index in [-0.39, 0.29) is 6.04 Å². The summed E-state index contributed by atoms with van der Waals surface area (Å²) in [6, 6.07) is 8.30. The van der Waals surface area contributed by atoms with Crippen LogP contribution in [0.5, 0.6) is 5.75 Å². The third kappa shape index (κ3) is 4.25. The number of hydrogen-bond donors (Lipinski definition) is 1. The zero-order valence-corrected chi connectivity index (χ0v) is 11.8. The van der Waals surface area contributed by atoms with Crippen LogP contribution in [-0.2, 0) is 0 Å². The van der Waals surface area contributed by atoms with Gasteiger partial charge < -0.3 is 10.5 Å². The summed E-state index contributed by atoms with van der Waals surface area (Å²) in [5.74, 6) is 2.10. The zero-order valence-electron chi connectivity index (χ0n) is 11.0. The molecule has 0 heterocycles. The topological polar surface area (TPSA) is 35.2 Å². The second-order valence-electron chi connectivity index (χ2n) is 4.25. The maximum Gasteiger partial charge on any atom is 0.123 e. The number of para-hydroxylation sites is 1. The Bertz CT molecular complexity index is 328. The zero-order chi connectivity index (χ0) is 12.7. The van der Waals surface area contributed by atoms with E-state index in [0.717, 1.165) is 11.5 Å². The highest BCUT2D eigenvalue weighted by atomic mass is 32.2. The van der Waals surface area contributed by atoms with Gasteiger partial charge in [-0.1, -0.05) is 31.5 Å². The van der Waals surface area contributed by atoms with Crippen molar-refractivity contribution in [1.29, 1.82) is 0 Å². The van der Waals surface area contributed by atoms with Gasteiger partial charge in [0, 0.05) is 16.9 Å². The first-order valence-electron chi connectivity index (χ1n) is 6.20. The van der Waals surface area contributed by atoms with Crippen molar-refractivity contribution >= 4 is 11.8 Å². The molecule has 17 heavy (non-hydrogen) atoms. The first-order chi connectivity index (χ1) is 8.20. The summed E-state index contributed by atoms with van der Waals surface area (Å²) in [6.45, 7) is 4.28. The average molecular weight is 253 g/mol. The van der Waals surface area contributed by atoms with Gasteiger partial charge in [0.15, 0.2) is 0 Å². The monoisotopic (exact) mass is 253 g/mol. The largest absolute Gasteiger partial charge is 0.496 e. The summed E-state index contributed by atoms with van der Waals surface area (Å²) < 4.78 is 5.41. The van der Waals surface area contributed by atoms with E-state index in [9.17, 15) is 0 Å². The molecule has 0 spiro atoms. The Morgan fingerprint density at radius 3 is 2.65 bits per heavy atom. The van der Waals surface area contributed by atoms with Crippen LogP contribution >= 0.6 is 11.8 Å². The van der Waals surface area contributed by atoms with Crippen LogP contribution in [0.4, 0.5) is 0 Å². The molecule has 3 heteroatoms. The normalized spacial score (nSPS) is 14.4. The van der Waals surface area contributed by atoms with Gasteiger partial charge in [-0.3, -0.25) is 0 Å². The number of hydrogen-bond acceptors (Lipinski definition) is 3. The van der Waals surface area contributed by atoms with E-state index in [1.165, 1.54) is 18.4 Å². The van der Waals surface area contributed by atoms with E-state index >= 15 is 0 Å². The van der Waals surface area contributed by atoms with Crippen LogP contribution in [0.2, 0.25) is 0 Å². The summed E-state index contributed by atoms with van der Waals surface area (Å²) in [4.78, 5) is 0. The van der Waals surface area contributed by atoms with Gasteiger partial charge in [0.25, 0.3) is 0 Å². The van der Waals surface area contributed by atoms with Crippen molar-refractivity contribution in [2.45, 2.75) is 38.0 Å². The number of nitrogens with two attached hydrogens (primary N) is 1. The van der Waals surface area contributed by atoms with E-state index < -0.39 is 0 Å². The lowest BCUT2D eigenvalue weighted by Gasteiger charge is -2.22. The molecule has 2 unspecified atom stereocenters. The van der Waals surface area contributed by atoms with Gasteiger partial charge in [-0.05, 0) is 25.2 Å². The van der Waals surface area contributed by atoms with Gasteiger partial charge in [-0.15, -0.1) is 0 Å². The first kappa shape index (κ1) is 14.4. The molecule has 0 aromatic heterocycles. The highest BCUT2D eigenvalue weighted by Gasteiger charge is 2.19. The quantitative estimate of drug-likeness (QED) is 0.754. The molecular formula is C14H23NOS. The van der Waals surface area contributed by atoms with Crippen molar-refractivity contribution in [3.8, 4) is 5.75 Å². The highest BCUT2D eigenvalue weighted by Crippen LogP contribution is 2.37. The van der Waals surface area contributed by atoms with Gasteiger partial charge in [0.05, 0.1) is 7.11 Å². The Morgan fingerprint density at radius 1 is 1.35 bits per heavy atom. The molecule has 2 N–H and O–H groups in total. The molecule has 1 aromatic rings. The predicted molar refractivity (Wildman–Crippen MR) is 76.8 cm³/mol. The van der Waals surface area contributed by atoms with E-state index in [0.29, 0.717) is 5.25 Å². The van der Waals surface area contributed by atoms with Crippen molar-refractivity contribution in [3.63, 3.8) is 0 Å². The highest BCUT2D eigenvalue weighted by molar-refractivity contribution is 7.99. The minimum absolute atomic E-state index is 0.133. The van der Waals surface area contributed by atoms with Crippen molar-refractivity contribution in [2.24, 2.45) is 5.73 Å². The molecule has 0 amide bonds. The lowest BCUT2D eigenvalue weighted by Crippen LogP contribution is -2.23. The molecule has 0 saturated heterocycles. The second-order valence-corrected chi connectivity index (χ2v) is 5.50. The minimum atomic E-state index is 0.133. The Labute approximate surface area is 109 Å². The van der Waals surface area contributed by atoms with E-state index in [2.05, 4.69) is 19.9 Å². The molecule has 0 aliphatic heterocycles. The number of unbranched alkanes of at least 4 members (excludes halogenated alkanes) is 1. The molecule has 0 aliphatic carbocycles. The molecule has 96 valence electrons. The van der Waals surface area contributed by atoms with Gasteiger partial charge >= 0.3 is 0 Å². The summed E-state index contributed by atoms with van der Waals surface area (Å²) in [6.07, 6.45) is 2.47. The van der Waals surface area contributed by atoms with Crippen LogP contribution in [0.25, 0.3) is 0 Å². The van der Waals surface area contributed by atoms with E-state index in [1.807, 2.05) is 30.0 Å². The lowest BCUT2D eigenvalue weighted by atomic mass is 10.1. The third-order valence-electron chi connectivity index (χ3n) is 2.72. The fraction of sp³-hybridized carbons (Fsp3) is 0.571.